The summed E-state index contributed by atoms with van der Waals surface area (Å²) in [5.74, 6) is -0.594. The van der Waals surface area contributed by atoms with E-state index in [4.69, 9.17) is 0 Å². The van der Waals surface area contributed by atoms with Crippen LogP contribution in [0.2, 0.25) is 0 Å². The molecule has 0 aliphatic heterocycles. The van der Waals surface area contributed by atoms with Gasteiger partial charge in [0.1, 0.15) is 0 Å². The summed E-state index contributed by atoms with van der Waals surface area (Å²) in [5, 5.41) is 0. The topological polar surface area (TPSA) is 205 Å². The van der Waals surface area contributed by atoms with Crippen molar-refractivity contribution in [2.24, 2.45) is 0 Å². The number of ketones is 4. The molecule has 0 unspecified atom stereocenters. The highest BCUT2D eigenvalue weighted by Gasteiger charge is 2.34. The summed E-state index contributed by atoms with van der Waals surface area (Å²) in [6.07, 6.45) is 0. The van der Waals surface area contributed by atoms with Crippen LogP contribution in [-0.2, 0) is 104 Å². The van der Waals surface area contributed by atoms with Gasteiger partial charge in [-0.25, -0.2) is 33.7 Å². The van der Waals surface area contributed by atoms with Crippen LogP contribution in [0.1, 0.15) is 380 Å². The zero-order chi connectivity index (χ0) is 106. The third-order valence-electron chi connectivity index (χ3n) is 25.6. The van der Waals surface area contributed by atoms with Crippen molar-refractivity contribution in [2.45, 2.75) is 353 Å². The van der Waals surface area contributed by atoms with Gasteiger partial charge in [0.15, 0.2) is 23.1 Å². The number of carbonyl (C=O) groups excluding carboxylic acids is 4. The Morgan fingerprint density at radius 3 is 0.393 bits per heavy atom. The fourth-order valence-electron chi connectivity index (χ4n) is 15.5. The molecule has 0 fully saturated rings. The van der Waals surface area contributed by atoms with E-state index in [0.29, 0.717) is 43.2 Å². The van der Waals surface area contributed by atoms with E-state index in [9.17, 15) is 52.8 Å². The maximum Gasteiger partial charge on any atom is 0.206 e. The van der Waals surface area contributed by atoms with Crippen LogP contribution in [0.3, 0.4) is 0 Å². The predicted octanol–water partition coefficient (Wildman–Crippen LogP) is 30.6. The van der Waals surface area contributed by atoms with Gasteiger partial charge in [-0.05, 0) is 241 Å². The van der Waals surface area contributed by atoms with E-state index >= 15 is 0 Å². The summed E-state index contributed by atoms with van der Waals surface area (Å²) < 4.78 is 110. The normalized spacial score (nSPS) is 13.1. The first-order valence-corrected chi connectivity index (χ1v) is 54.2. The minimum Gasteiger partial charge on any atom is -0.289 e. The SMILES string of the molecule is CC(C)(C)c1ccc(C(=O)c2cc(C(=O)c3ccc(C(C)(C)C)cc3)cc(C(=O)c3ccc(C(C)(C)C)cc3)c2)cc1.CC(C)(C)c1ccc(C(=O)c2cc(C(C)(C)C)cc(C(C)(C)C)c2)cc1.CC(C)(C)c1ccc(S(=O)(=O)c2cc(C(C)(C)C)cc(C(C)(C)C)c2)cc1.CC(C)(C)c1ccc(S(=O)(=O)c2cc(S(=O)(=O)c3ccc(C(C)(C)C)cc3)cc(S(=O)(=O)c3ccc(C(C)(C)C)cc3)c2)cc1. The highest BCUT2D eigenvalue weighted by Crippen LogP contribution is 2.41. The smallest absolute Gasteiger partial charge is 0.206 e. The molecule has 744 valence electrons. The van der Waals surface area contributed by atoms with E-state index in [1.165, 1.54) is 53.1 Å². The molecule has 0 saturated heterocycles. The van der Waals surface area contributed by atoms with Crippen LogP contribution >= 0.6 is 0 Å². The standard InChI is InChI=1S/C39H42O3.C36H42O6S3.C25H34O.C24H34O2S/c1-37(2,3)31-16-10-25(11-17-31)34(40)28-22-29(35(41)26-12-18-32(19-13-26)38(4,5)6)24-30(23-28)36(42)27-14-20-33(21-15-27)39(7,8)9;1-34(2,3)25-10-16-28(17-11-25)43(37,38)31-22-32(44(39,40)29-18-12-26(13-19-29)35(4,5)6)24-33(23-31)45(41,42)30-20-14-27(15-21-30)36(7,8)9;1-23(2,3)19-12-10-17(11-13-19)22(26)18-14-20(24(4,5)6)16-21(15-18)25(7,8)9;1-22(2,3)17-10-12-20(13-11-17)27(25,26)21-15-18(23(4,5)6)14-19(16-21)24(7,8)9/h10-24H,1-9H3;10-24H,1-9H3;10-16H,1-9H3;10-16H,1-9H3. The van der Waals surface area contributed by atoms with Crippen LogP contribution in [0.4, 0.5) is 0 Å². The number of sulfone groups is 4. The van der Waals surface area contributed by atoms with Crippen molar-refractivity contribution in [3.8, 4) is 0 Å². The maximum absolute atomic E-state index is 13.9. The average molecular weight is 1960 g/mol. The van der Waals surface area contributed by atoms with Crippen molar-refractivity contribution in [3.63, 3.8) is 0 Å². The molecule has 16 heteroatoms. The Morgan fingerprint density at radius 1 is 0.129 bits per heavy atom. The van der Waals surface area contributed by atoms with Gasteiger partial charge in [-0.15, -0.1) is 0 Å². The molecule has 0 aliphatic rings. The summed E-state index contributed by atoms with van der Waals surface area (Å²) in [5.41, 5.74) is 16.0. The molecule has 140 heavy (non-hydrogen) atoms. The summed E-state index contributed by atoms with van der Waals surface area (Å²) in [6, 6.07) is 77.2. The van der Waals surface area contributed by atoms with Crippen LogP contribution in [0.15, 0.2) is 306 Å². The lowest BCUT2D eigenvalue weighted by Crippen LogP contribution is -2.18. The Labute approximate surface area is 840 Å². The molecule has 0 N–H and O–H groups in total. The average Bonchev–Trinajstić information content (AvgIpc) is 0.745. The monoisotopic (exact) mass is 1960 g/mol. The van der Waals surface area contributed by atoms with Crippen molar-refractivity contribution in [1.29, 1.82) is 0 Å². The van der Waals surface area contributed by atoms with Crippen LogP contribution in [-0.4, -0.2) is 56.8 Å². The van der Waals surface area contributed by atoms with Crippen LogP contribution < -0.4 is 0 Å². The Morgan fingerprint density at radius 2 is 0.250 bits per heavy atom. The van der Waals surface area contributed by atoms with Gasteiger partial charge in [0.25, 0.3) is 0 Å². The van der Waals surface area contributed by atoms with E-state index in [0.717, 1.165) is 79.4 Å². The molecule has 12 rings (SSSR count). The van der Waals surface area contributed by atoms with E-state index in [1.54, 1.807) is 66.7 Å². The van der Waals surface area contributed by atoms with Gasteiger partial charge in [0.2, 0.25) is 39.3 Å². The fourth-order valence-corrected chi connectivity index (χ4v) is 21.1. The van der Waals surface area contributed by atoms with E-state index in [2.05, 4.69) is 223 Å². The lowest BCUT2D eigenvalue weighted by atomic mass is 9.79. The van der Waals surface area contributed by atoms with Gasteiger partial charge in [-0.2, -0.15) is 0 Å². The van der Waals surface area contributed by atoms with E-state index < -0.39 is 54.0 Å². The maximum atomic E-state index is 13.9. The molecule has 0 radical (unpaired) electrons. The summed E-state index contributed by atoms with van der Waals surface area (Å²) in [4.78, 5) is 53.5. The van der Waals surface area contributed by atoms with E-state index in [-0.39, 0.29) is 103 Å². The Bertz CT molecular complexity index is 6490. The third kappa shape index (κ3) is 27.9. The number of rotatable bonds is 16. The highest BCUT2D eigenvalue weighted by atomic mass is 32.2. The second kappa shape index (κ2) is 40.9. The fraction of sp³-hybridized carbons (Fsp3) is 0.387. The molecule has 12 aromatic rings. The zero-order valence-corrected chi connectivity index (χ0v) is 93.2. The van der Waals surface area contributed by atoms with Crippen molar-refractivity contribution in [2.75, 3.05) is 0 Å². The number of benzene rings is 12. The Kier molecular flexibility index (Phi) is 32.9. The van der Waals surface area contributed by atoms with Crippen molar-refractivity contribution >= 4 is 62.5 Å². The predicted molar refractivity (Wildman–Crippen MR) is 577 cm³/mol. The molecular formula is C124H152O12S4. The second-order valence-corrected chi connectivity index (χ2v) is 57.5. The molecule has 0 atom stereocenters. The minimum atomic E-state index is -4.31. The first-order valence-electron chi connectivity index (χ1n) is 48.3. The molecule has 0 amide bonds. The third-order valence-corrected chi connectivity index (χ3v) is 32.6. The number of carbonyl (C=O) groups is 4. The van der Waals surface area contributed by atoms with Crippen LogP contribution in [0.25, 0.3) is 0 Å². The molecule has 0 bridgehead atoms. The van der Waals surface area contributed by atoms with Gasteiger partial charge in [-0.1, -0.05) is 407 Å². The molecule has 0 aliphatic carbocycles. The quantitative estimate of drug-likeness (QED) is 0.0829. The van der Waals surface area contributed by atoms with E-state index in [1.807, 2.05) is 172 Å². The highest BCUT2D eigenvalue weighted by molar-refractivity contribution is 7.93. The lowest BCUT2D eigenvalue weighted by molar-refractivity contribution is 0.102. The van der Waals surface area contributed by atoms with Gasteiger partial charge < -0.3 is 0 Å². The first kappa shape index (κ1) is 113. The van der Waals surface area contributed by atoms with Crippen molar-refractivity contribution in [1.82, 2.24) is 0 Å². The number of hydrogen-bond acceptors (Lipinski definition) is 12. The summed E-state index contributed by atoms with van der Waals surface area (Å²) >= 11 is 0. The lowest BCUT2D eigenvalue weighted by Gasteiger charge is -2.26. The Balaban J connectivity index is 0.000000214. The molecular weight excluding hydrogens is 1810 g/mol. The molecule has 12 nitrogen and oxygen atoms in total. The molecule has 0 heterocycles. The molecule has 0 aromatic heterocycles. The molecule has 12 aromatic carbocycles. The summed E-state index contributed by atoms with van der Waals surface area (Å²) in [7, 11) is -16.5. The van der Waals surface area contributed by atoms with Crippen LogP contribution in [0, 0.1) is 0 Å². The minimum absolute atomic E-state index is 0.00610. The van der Waals surface area contributed by atoms with Gasteiger partial charge in [0.05, 0.1) is 39.2 Å². The van der Waals surface area contributed by atoms with Crippen molar-refractivity contribution < 1.29 is 52.8 Å². The largest absolute Gasteiger partial charge is 0.289 e. The Hall–Kier alpha value is -10.9. The van der Waals surface area contributed by atoms with Crippen LogP contribution in [0.5, 0.6) is 0 Å². The number of hydrogen-bond donors (Lipinski definition) is 0. The van der Waals surface area contributed by atoms with Gasteiger partial charge in [0, 0.05) is 44.5 Å². The zero-order valence-electron chi connectivity index (χ0n) is 89.9. The van der Waals surface area contributed by atoms with Crippen molar-refractivity contribution in [3.05, 3.63) is 378 Å². The first-order chi connectivity index (χ1) is 63.6. The van der Waals surface area contributed by atoms with Gasteiger partial charge in [-0.3, -0.25) is 19.2 Å². The molecule has 0 saturated carbocycles. The summed E-state index contributed by atoms with van der Waals surface area (Å²) in [6.45, 7) is 75.9. The van der Waals surface area contributed by atoms with Gasteiger partial charge >= 0.3 is 0 Å². The molecule has 0 spiro atoms. The second-order valence-electron chi connectivity index (χ2n) is 49.7.